The minimum absolute atomic E-state index is 0. The van der Waals surface area contributed by atoms with Crippen molar-refractivity contribution in [2.75, 3.05) is 18.4 Å². The number of amides is 2. The zero-order chi connectivity index (χ0) is 15.1. The summed E-state index contributed by atoms with van der Waals surface area (Å²) in [5.41, 5.74) is 0.737. The quantitative estimate of drug-likeness (QED) is 0.748. The molecule has 3 N–H and O–H groups in total. The van der Waals surface area contributed by atoms with E-state index in [2.05, 4.69) is 16.0 Å². The Labute approximate surface area is 137 Å². The summed E-state index contributed by atoms with van der Waals surface area (Å²) in [5.74, 6) is 0.332. The maximum atomic E-state index is 12.0. The Hall–Kier alpha value is -1.59. The molecule has 0 spiro atoms. The second kappa shape index (κ2) is 9.43. The molecule has 2 amide bonds. The van der Waals surface area contributed by atoms with Gasteiger partial charge in [-0.3, -0.25) is 9.59 Å². The van der Waals surface area contributed by atoms with Gasteiger partial charge in [0, 0.05) is 12.1 Å². The van der Waals surface area contributed by atoms with E-state index in [-0.39, 0.29) is 24.2 Å². The Morgan fingerprint density at radius 3 is 2.68 bits per heavy atom. The van der Waals surface area contributed by atoms with Crippen LogP contribution in [0.25, 0.3) is 0 Å². The summed E-state index contributed by atoms with van der Waals surface area (Å²) in [6, 6.07) is 8.71. The smallest absolute Gasteiger partial charge is 0.246 e. The average Bonchev–Trinajstić information content (AvgIpc) is 2.99. The Kier molecular flexibility index (Phi) is 7.91. The van der Waals surface area contributed by atoms with Crippen molar-refractivity contribution in [2.24, 2.45) is 5.92 Å². The number of benzene rings is 1. The van der Waals surface area contributed by atoms with Crippen molar-refractivity contribution in [3.05, 3.63) is 30.3 Å². The zero-order valence-electron chi connectivity index (χ0n) is 12.8. The van der Waals surface area contributed by atoms with E-state index in [4.69, 9.17) is 0 Å². The number of rotatable bonds is 6. The van der Waals surface area contributed by atoms with Gasteiger partial charge in [0.05, 0.1) is 0 Å². The van der Waals surface area contributed by atoms with Crippen LogP contribution < -0.4 is 16.0 Å². The molecule has 0 saturated carbocycles. The molecule has 0 radical (unpaired) electrons. The SMILES string of the molecule is CC(NC(=O)CCC1CCNC1)C(=O)Nc1ccccc1.Cl. The van der Waals surface area contributed by atoms with Gasteiger partial charge in [0.1, 0.15) is 6.04 Å². The molecule has 5 nitrogen and oxygen atoms in total. The first-order valence-corrected chi connectivity index (χ1v) is 7.51. The van der Waals surface area contributed by atoms with Gasteiger partial charge in [-0.25, -0.2) is 0 Å². The van der Waals surface area contributed by atoms with Crippen molar-refractivity contribution >= 4 is 29.9 Å². The van der Waals surface area contributed by atoms with Crippen LogP contribution in [0, 0.1) is 5.92 Å². The molecule has 2 rings (SSSR count). The zero-order valence-corrected chi connectivity index (χ0v) is 13.6. The maximum Gasteiger partial charge on any atom is 0.246 e. The molecular weight excluding hydrogens is 302 g/mol. The Morgan fingerprint density at radius 1 is 1.32 bits per heavy atom. The molecule has 1 aromatic rings. The second-order valence-corrected chi connectivity index (χ2v) is 5.54. The third-order valence-corrected chi connectivity index (χ3v) is 3.75. The molecule has 2 unspecified atom stereocenters. The molecular formula is C16H24ClN3O2. The van der Waals surface area contributed by atoms with Gasteiger partial charge in [-0.05, 0) is 50.9 Å². The average molecular weight is 326 g/mol. The first kappa shape index (κ1) is 18.5. The minimum Gasteiger partial charge on any atom is -0.345 e. The molecule has 1 saturated heterocycles. The summed E-state index contributed by atoms with van der Waals surface area (Å²) in [5, 5.41) is 8.82. The van der Waals surface area contributed by atoms with E-state index in [0.29, 0.717) is 12.3 Å². The summed E-state index contributed by atoms with van der Waals surface area (Å²) >= 11 is 0. The van der Waals surface area contributed by atoms with Crippen LogP contribution in [0.1, 0.15) is 26.2 Å². The molecule has 1 aliphatic rings. The van der Waals surface area contributed by atoms with Gasteiger partial charge < -0.3 is 16.0 Å². The van der Waals surface area contributed by atoms with Crippen molar-refractivity contribution in [1.29, 1.82) is 0 Å². The van der Waals surface area contributed by atoms with Gasteiger partial charge >= 0.3 is 0 Å². The van der Waals surface area contributed by atoms with E-state index in [1.807, 2.05) is 30.3 Å². The number of carbonyl (C=O) groups is 2. The normalized spacial score (nSPS) is 18.1. The van der Waals surface area contributed by atoms with Gasteiger partial charge in [0.2, 0.25) is 11.8 Å². The van der Waals surface area contributed by atoms with Gasteiger partial charge in [0.25, 0.3) is 0 Å². The molecule has 122 valence electrons. The highest BCUT2D eigenvalue weighted by Gasteiger charge is 2.18. The molecule has 0 aliphatic carbocycles. The fourth-order valence-electron chi connectivity index (χ4n) is 2.45. The van der Waals surface area contributed by atoms with Crippen molar-refractivity contribution in [3.63, 3.8) is 0 Å². The highest BCUT2D eigenvalue weighted by molar-refractivity contribution is 5.96. The van der Waals surface area contributed by atoms with Crippen LogP contribution >= 0.6 is 12.4 Å². The van der Waals surface area contributed by atoms with Crippen LogP contribution in [-0.4, -0.2) is 30.9 Å². The minimum atomic E-state index is -0.528. The molecule has 1 fully saturated rings. The largest absolute Gasteiger partial charge is 0.345 e. The Bertz CT molecular complexity index is 476. The summed E-state index contributed by atoms with van der Waals surface area (Å²) in [4.78, 5) is 23.8. The number of carbonyl (C=O) groups excluding carboxylic acids is 2. The molecule has 1 heterocycles. The van der Waals surface area contributed by atoms with Gasteiger partial charge in [-0.2, -0.15) is 0 Å². The van der Waals surface area contributed by atoms with Crippen LogP contribution in [0.4, 0.5) is 5.69 Å². The van der Waals surface area contributed by atoms with Crippen LogP contribution in [0.2, 0.25) is 0 Å². The molecule has 0 bridgehead atoms. The predicted molar refractivity (Wildman–Crippen MR) is 90.1 cm³/mol. The van der Waals surface area contributed by atoms with Gasteiger partial charge in [0.15, 0.2) is 0 Å². The Morgan fingerprint density at radius 2 is 2.05 bits per heavy atom. The molecule has 1 aliphatic heterocycles. The fraction of sp³-hybridized carbons (Fsp3) is 0.500. The predicted octanol–water partition coefficient (Wildman–Crippen LogP) is 1.94. The standard InChI is InChI=1S/C16H23N3O2.ClH/c1-12(16(21)19-14-5-3-2-4-6-14)18-15(20)8-7-13-9-10-17-11-13;/h2-6,12-13,17H,7-11H2,1H3,(H,18,20)(H,19,21);1H. The lowest BCUT2D eigenvalue weighted by atomic mass is 10.0. The summed E-state index contributed by atoms with van der Waals surface area (Å²) in [6.07, 6.45) is 2.50. The number of hydrogen-bond donors (Lipinski definition) is 3. The van der Waals surface area contributed by atoms with E-state index >= 15 is 0 Å². The first-order valence-electron chi connectivity index (χ1n) is 7.51. The van der Waals surface area contributed by atoms with Crippen LogP contribution in [0.5, 0.6) is 0 Å². The van der Waals surface area contributed by atoms with Crippen LogP contribution in [0.15, 0.2) is 30.3 Å². The molecule has 0 aromatic heterocycles. The number of para-hydroxylation sites is 1. The van der Waals surface area contributed by atoms with Crippen LogP contribution in [0.3, 0.4) is 0 Å². The fourth-order valence-corrected chi connectivity index (χ4v) is 2.45. The van der Waals surface area contributed by atoms with Gasteiger partial charge in [-0.1, -0.05) is 18.2 Å². The van der Waals surface area contributed by atoms with Crippen LogP contribution in [-0.2, 0) is 9.59 Å². The monoisotopic (exact) mass is 325 g/mol. The highest BCUT2D eigenvalue weighted by Crippen LogP contribution is 2.14. The number of hydrogen-bond acceptors (Lipinski definition) is 3. The van der Waals surface area contributed by atoms with Crippen molar-refractivity contribution in [2.45, 2.75) is 32.2 Å². The van der Waals surface area contributed by atoms with E-state index in [9.17, 15) is 9.59 Å². The van der Waals surface area contributed by atoms with E-state index in [0.717, 1.165) is 31.6 Å². The lowest BCUT2D eigenvalue weighted by Crippen LogP contribution is -2.41. The first-order chi connectivity index (χ1) is 10.1. The van der Waals surface area contributed by atoms with E-state index < -0.39 is 6.04 Å². The molecule has 1 aromatic carbocycles. The van der Waals surface area contributed by atoms with Gasteiger partial charge in [-0.15, -0.1) is 12.4 Å². The number of nitrogens with one attached hydrogen (secondary N) is 3. The summed E-state index contributed by atoms with van der Waals surface area (Å²) in [6.45, 7) is 3.74. The molecule has 6 heteroatoms. The van der Waals surface area contributed by atoms with Crippen molar-refractivity contribution in [3.8, 4) is 0 Å². The second-order valence-electron chi connectivity index (χ2n) is 5.54. The lowest BCUT2D eigenvalue weighted by Gasteiger charge is -2.15. The topological polar surface area (TPSA) is 70.2 Å². The maximum absolute atomic E-state index is 12.0. The summed E-state index contributed by atoms with van der Waals surface area (Å²) in [7, 11) is 0. The third kappa shape index (κ3) is 6.03. The Balaban J connectivity index is 0.00000242. The van der Waals surface area contributed by atoms with Crippen molar-refractivity contribution < 1.29 is 9.59 Å². The third-order valence-electron chi connectivity index (χ3n) is 3.75. The highest BCUT2D eigenvalue weighted by atomic mass is 35.5. The van der Waals surface area contributed by atoms with Crippen molar-refractivity contribution in [1.82, 2.24) is 10.6 Å². The molecule has 22 heavy (non-hydrogen) atoms. The van der Waals surface area contributed by atoms with E-state index in [1.54, 1.807) is 6.92 Å². The lowest BCUT2D eigenvalue weighted by molar-refractivity contribution is -0.126. The molecule has 2 atom stereocenters. The number of anilines is 1. The van der Waals surface area contributed by atoms with E-state index in [1.165, 1.54) is 0 Å². The summed E-state index contributed by atoms with van der Waals surface area (Å²) < 4.78 is 0. The number of halogens is 1.